The molecule has 2 heterocycles. The molecular formula is C16H23N3O. The van der Waals surface area contributed by atoms with Crippen LogP contribution in [0.2, 0.25) is 0 Å². The summed E-state index contributed by atoms with van der Waals surface area (Å²) in [5, 5.41) is 6.59. The molecule has 1 aromatic rings. The Kier molecular flexibility index (Phi) is 3.66. The highest BCUT2D eigenvalue weighted by Gasteiger charge is 2.42. The van der Waals surface area contributed by atoms with E-state index in [1.165, 1.54) is 12.1 Å². The maximum absolute atomic E-state index is 12.2. The average molecular weight is 273 g/mol. The van der Waals surface area contributed by atoms with Gasteiger partial charge in [0, 0.05) is 38.4 Å². The van der Waals surface area contributed by atoms with E-state index in [4.69, 9.17) is 0 Å². The standard InChI is InChI=1S/C16H23N3O/c1-19(2)13-6-3-11(4-7-13)10-17-16(20)14-9-12-5-8-15(14)18-12/h3-4,6-7,12,14-15,18H,5,8-10H2,1-2H3,(H,17,20). The van der Waals surface area contributed by atoms with Gasteiger partial charge in [-0.1, -0.05) is 12.1 Å². The van der Waals surface area contributed by atoms with E-state index >= 15 is 0 Å². The first-order chi connectivity index (χ1) is 9.63. The minimum absolute atomic E-state index is 0.176. The molecule has 2 aliphatic heterocycles. The molecule has 0 spiro atoms. The lowest BCUT2D eigenvalue weighted by Gasteiger charge is -2.19. The van der Waals surface area contributed by atoms with E-state index in [9.17, 15) is 4.79 Å². The number of fused-ring (bicyclic) bond motifs is 2. The van der Waals surface area contributed by atoms with Gasteiger partial charge >= 0.3 is 0 Å². The quantitative estimate of drug-likeness (QED) is 0.874. The van der Waals surface area contributed by atoms with Crippen molar-refractivity contribution in [1.29, 1.82) is 0 Å². The molecule has 0 saturated carbocycles. The lowest BCUT2D eigenvalue weighted by molar-refractivity contribution is -0.125. The number of nitrogens with zero attached hydrogens (tertiary/aromatic N) is 1. The second-order valence-corrected chi connectivity index (χ2v) is 6.17. The molecule has 0 radical (unpaired) electrons. The molecule has 2 aliphatic rings. The predicted octanol–water partition coefficient (Wildman–Crippen LogP) is 1.51. The first kappa shape index (κ1) is 13.4. The van der Waals surface area contributed by atoms with E-state index in [0.717, 1.165) is 18.4 Å². The molecule has 4 nitrogen and oxygen atoms in total. The number of carbonyl (C=O) groups is 1. The Morgan fingerprint density at radius 2 is 2.05 bits per heavy atom. The van der Waals surface area contributed by atoms with E-state index in [-0.39, 0.29) is 11.8 Å². The largest absolute Gasteiger partial charge is 0.378 e. The van der Waals surface area contributed by atoms with Crippen molar-refractivity contribution in [3.05, 3.63) is 29.8 Å². The number of nitrogens with one attached hydrogen (secondary N) is 2. The maximum atomic E-state index is 12.2. The van der Waals surface area contributed by atoms with Crippen LogP contribution in [0.1, 0.15) is 24.8 Å². The van der Waals surface area contributed by atoms with Gasteiger partial charge in [-0.15, -0.1) is 0 Å². The number of amides is 1. The Morgan fingerprint density at radius 1 is 1.30 bits per heavy atom. The summed E-state index contributed by atoms with van der Waals surface area (Å²) in [7, 11) is 4.05. The summed E-state index contributed by atoms with van der Waals surface area (Å²) in [5.74, 6) is 0.385. The van der Waals surface area contributed by atoms with Gasteiger partial charge in [0.25, 0.3) is 0 Å². The van der Waals surface area contributed by atoms with E-state index in [1.54, 1.807) is 0 Å². The van der Waals surface area contributed by atoms with Crippen molar-refractivity contribution in [2.45, 2.75) is 37.9 Å². The Bertz CT molecular complexity index is 483. The highest BCUT2D eigenvalue weighted by atomic mass is 16.1. The number of carbonyl (C=O) groups excluding carboxylic acids is 1. The van der Waals surface area contributed by atoms with Gasteiger partial charge in [-0.2, -0.15) is 0 Å². The second kappa shape index (κ2) is 5.44. The molecule has 3 rings (SSSR count). The average Bonchev–Trinajstić information content (AvgIpc) is 3.08. The number of hydrogen-bond donors (Lipinski definition) is 2. The van der Waals surface area contributed by atoms with Crippen molar-refractivity contribution >= 4 is 11.6 Å². The fraction of sp³-hybridized carbons (Fsp3) is 0.562. The van der Waals surface area contributed by atoms with Gasteiger partial charge in [0.1, 0.15) is 0 Å². The lowest BCUT2D eigenvalue weighted by Crippen LogP contribution is -2.37. The minimum atomic E-state index is 0.176. The van der Waals surface area contributed by atoms with Crippen LogP contribution in [0.15, 0.2) is 24.3 Å². The predicted molar refractivity (Wildman–Crippen MR) is 80.7 cm³/mol. The third-order valence-electron chi connectivity index (χ3n) is 4.56. The fourth-order valence-corrected chi connectivity index (χ4v) is 3.35. The summed E-state index contributed by atoms with van der Waals surface area (Å²) in [5.41, 5.74) is 2.33. The van der Waals surface area contributed by atoms with Crippen LogP contribution >= 0.6 is 0 Å². The van der Waals surface area contributed by atoms with E-state index < -0.39 is 0 Å². The zero-order chi connectivity index (χ0) is 14.1. The molecule has 2 bridgehead atoms. The topological polar surface area (TPSA) is 44.4 Å². The first-order valence-electron chi connectivity index (χ1n) is 7.43. The minimum Gasteiger partial charge on any atom is -0.378 e. The first-order valence-corrected chi connectivity index (χ1v) is 7.43. The molecule has 2 N–H and O–H groups in total. The highest BCUT2D eigenvalue weighted by Crippen LogP contribution is 2.33. The van der Waals surface area contributed by atoms with Crippen molar-refractivity contribution in [1.82, 2.24) is 10.6 Å². The van der Waals surface area contributed by atoms with Gasteiger partial charge in [-0.05, 0) is 37.0 Å². The van der Waals surface area contributed by atoms with Gasteiger partial charge < -0.3 is 15.5 Å². The summed E-state index contributed by atoms with van der Waals surface area (Å²) < 4.78 is 0. The molecule has 4 heteroatoms. The zero-order valence-corrected chi connectivity index (χ0v) is 12.2. The van der Waals surface area contributed by atoms with Gasteiger partial charge in [0.2, 0.25) is 5.91 Å². The van der Waals surface area contributed by atoms with Crippen molar-refractivity contribution in [2.75, 3.05) is 19.0 Å². The number of anilines is 1. The molecule has 2 saturated heterocycles. The number of hydrogen-bond acceptors (Lipinski definition) is 3. The van der Waals surface area contributed by atoms with Gasteiger partial charge in [0.15, 0.2) is 0 Å². The highest BCUT2D eigenvalue weighted by molar-refractivity contribution is 5.80. The third kappa shape index (κ3) is 2.66. The maximum Gasteiger partial charge on any atom is 0.225 e. The summed E-state index contributed by atoms with van der Waals surface area (Å²) >= 11 is 0. The molecule has 108 valence electrons. The number of benzene rings is 1. The Labute approximate surface area is 120 Å². The molecule has 3 unspecified atom stereocenters. The van der Waals surface area contributed by atoms with Crippen molar-refractivity contribution in [2.24, 2.45) is 5.92 Å². The Balaban J connectivity index is 1.53. The van der Waals surface area contributed by atoms with Crippen LogP contribution < -0.4 is 15.5 Å². The molecule has 2 fully saturated rings. The fourth-order valence-electron chi connectivity index (χ4n) is 3.35. The second-order valence-electron chi connectivity index (χ2n) is 6.17. The molecular weight excluding hydrogens is 250 g/mol. The normalized spacial score (nSPS) is 27.6. The summed E-state index contributed by atoms with van der Waals surface area (Å²) in [6, 6.07) is 9.32. The summed E-state index contributed by atoms with van der Waals surface area (Å²) in [6.07, 6.45) is 3.40. The monoisotopic (exact) mass is 273 g/mol. The third-order valence-corrected chi connectivity index (χ3v) is 4.56. The van der Waals surface area contributed by atoms with Crippen molar-refractivity contribution < 1.29 is 4.79 Å². The SMILES string of the molecule is CN(C)c1ccc(CNC(=O)C2CC3CCC2N3)cc1. The van der Waals surface area contributed by atoms with Crippen LogP contribution in [-0.2, 0) is 11.3 Å². The molecule has 0 aromatic heterocycles. The van der Waals surface area contributed by atoms with Gasteiger partial charge in [0.05, 0.1) is 5.92 Å². The van der Waals surface area contributed by atoms with E-state index in [0.29, 0.717) is 18.6 Å². The van der Waals surface area contributed by atoms with Gasteiger partial charge in [-0.3, -0.25) is 4.79 Å². The molecule has 0 aliphatic carbocycles. The van der Waals surface area contributed by atoms with Crippen molar-refractivity contribution in [3.63, 3.8) is 0 Å². The van der Waals surface area contributed by atoms with E-state index in [1.807, 2.05) is 14.1 Å². The lowest BCUT2D eigenvalue weighted by atomic mass is 9.88. The van der Waals surface area contributed by atoms with Crippen LogP contribution in [0.5, 0.6) is 0 Å². The molecule has 1 amide bonds. The van der Waals surface area contributed by atoms with Crippen LogP contribution in [0.3, 0.4) is 0 Å². The molecule has 3 atom stereocenters. The zero-order valence-electron chi connectivity index (χ0n) is 12.2. The molecule has 20 heavy (non-hydrogen) atoms. The Morgan fingerprint density at radius 3 is 2.60 bits per heavy atom. The van der Waals surface area contributed by atoms with Crippen LogP contribution in [0.4, 0.5) is 5.69 Å². The summed E-state index contributed by atoms with van der Waals surface area (Å²) in [6.45, 7) is 0.625. The Hall–Kier alpha value is -1.55. The summed E-state index contributed by atoms with van der Waals surface area (Å²) in [4.78, 5) is 14.3. The van der Waals surface area contributed by atoms with E-state index in [2.05, 4.69) is 39.8 Å². The molecule has 1 aromatic carbocycles. The van der Waals surface area contributed by atoms with Crippen LogP contribution in [-0.4, -0.2) is 32.1 Å². The number of rotatable bonds is 4. The van der Waals surface area contributed by atoms with Crippen LogP contribution in [0, 0.1) is 5.92 Å². The smallest absolute Gasteiger partial charge is 0.225 e. The van der Waals surface area contributed by atoms with Crippen molar-refractivity contribution in [3.8, 4) is 0 Å². The van der Waals surface area contributed by atoms with Crippen LogP contribution in [0.25, 0.3) is 0 Å². The van der Waals surface area contributed by atoms with Gasteiger partial charge in [-0.25, -0.2) is 0 Å².